The molecule has 0 radical (unpaired) electrons. The first-order valence-corrected chi connectivity index (χ1v) is 7.63. The van der Waals surface area contributed by atoms with Crippen molar-refractivity contribution >= 4 is 0 Å². The van der Waals surface area contributed by atoms with Crippen molar-refractivity contribution in [2.24, 2.45) is 0 Å². The summed E-state index contributed by atoms with van der Waals surface area (Å²) in [5.41, 5.74) is 1.70. The molecule has 0 spiro atoms. The molecule has 0 atom stereocenters. The number of nitrogens with zero attached hydrogens (tertiary/aromatic N) is 3. The molecule has 3 rings (SSSR count). The lowest BCUT2D eigenvalue weighted by Crippen LogP contribution is -2.05. The summed E-state index contributed by atoms with van der Waals surface area (Å²) in [6.07, 6.45) is -3.89. The zero-order valence-electron chi connectivity index (χ0n) is 13.4. The van der Waals surface area contributed by atoms with Gasteiger partial charge in [-0.25, -0.2) is 0 Å². The number of benzene rings is 2. The normalized spacial score (nSPS) is 11.2. The molecular weight excluding hydrogens is 345 g/mol. The third-order valence-electron chi connectivity index (χ3n) is 3.71. The summed E-state index contributed by atoms with van der Waals surface area (Å²) in [6, 6.07) is 14.0. The van der Waals surface area contributed by atoms with E-state index in [4.69, 9.17) is 10.00 Å². The van der Waals surface area contributed by atoms with Crippen molar-refractivity contribution in [3.05, 3.63) is 76.6 Å². The number of aromatic nitrogens is 3. The summed E-state index contributed by atoms with van der Waals surface area (Å²) in [6.45, 7) is 0.166. The fraction of sp³-hybridized carbons (Fsp3) is 0.167. The van der Waals surface area contributed by atoms with Crippen molar-refractivity contribution in [1.29, 1.82) is 5.26 Å². The van der Waals surface area contributed by atoms with Crippen LogP contribution in [0.3, 0.4) is 0 Å². The largest absolute Gasteiger partial charge is 0.489 e. The van der Waals surface area contributed by atoms with E-state index >= 15 is 0 Å². The number of hydrogen-bond donors (Lipinski definition) is 1. The maximum absolute atomic E-state index is 12.5. The lowest BCUT2D eigenvalue weighted by molar-refractivity contribution is -0.137. The Labute approximate surface area is 147 Å². The van der Waals surface area contributed by atoms with E-state index in [2.05, 4.69) is 15.4 Å². The standard InChI is InChI=1S/C18H13F3N4O/c19-18(20,21)14-5-1-13(2-6-14)11-26-15-7-3-12(4-8-15)9-16-17(10-22)24-25-23-16/h1-8H,9,11H2,(H,23,24,25). The quantitative estimate of drug-likeness (QED) is 0.751. The molecule has 0 aliphatic heterocycles. The molecule has 1 N–H and O–H groups in total. The number of aromatic amines is 1. The molecule has 0 aliphatic carbocycles. The monoisotopic (exact) mass is 358 g/mol. The van der Waals surface area contributed by atoms with Crippen LogP contribution < -0.4 is 4.74 Å². The van der Waals surface area contributed by atoms with Crippen molar-refractivity contribution in [2.45, 2.75) is 19.2 Å². The van der Waals surface area contributed by atoms with E-state index in [0.29, 0.717) is 23.4 Å². The highest BCUT2D eigenvalue weighted by atomic mass is 19.4. The number of alkyl halides is 3. The van der Waals surface area contributed by atoms with Gasteiger partial charge < -0.3 is 4.74 Å². The number of ether oxygens (including phenoxy) is 1. The first-order chi connectivity index (χ1) is 12.5. The summed E-state index contributed by atoms with van der Waals surface area (Å²) < 4.78 is 43.2. The van der Waals surface area contributed by atoms with Crippen LogP contribution in [0.2, 0.25) is 0 Å². The second-order valence-corrected chi connectivity index (χ2v) is 5.53. The van der Waals surface area contributed by atoms with Crippen molar-refractivity contribution in [1.82, 2.24) is 15.4 Å². The van der Waals surface area contributed by atoms with E-state index in [1.54, 1.807) is 12.1 Å². The van der Waals surface area contributed by atoms with E-state index in [0.717, 1.165) is 17.7 Å². The Balaban J connectivity index is 1.59. The van der Waals surface area contributed by atoms with E-state index in [-0.39, 0.29) is 12.3 Å². The van der Waals surface area contributed by atoms with Crippen molar-refractivity contribution < 1.29 is 17.9 Å². The fourth-order valence-electron chi connectivity index (χ4n) is 2.32. The Kier molecular flexibility index (Phi) is 4.89. The van der Waals surface area contributed by atoms with Gasteiger partial charge in [0.25, 0.3) is 0 Å². The van der Waals surface area contributed by atoms with Crippen LogP contribution in [0.5, 0.6) is 5.75 Å². The minimum absolute atomic E-state index is 0.166. The molecule has 0 saturated heterocycles. The molecule has 0 unspecified atom stereocenters. The topological polar surface area (TPSA) is 74.6 Å². The molecule has 2 aromatic carbocycles. The Morgan fingerprint density at radius 1 is 0.962 bits per heavy atom. The highest BCUT2D eigenvalue weighted by molar-refractivity contribution is 5.33. The van der Waals surface area contributed by atoms with Crippen LogP contribution in [-0.4, -0.2) is 15.4 Å². The number of nitriles is 1. The molecule has 0 fully saturated rings. The van der Waals surface area contributed by atoms with Gasteiger partial charge >= 0.3 is 6.18 Å². The predicted molar refractivity (Wildman–Crippen MR) is 86.1 cm³/mol. The van der Waals surface area contributed by atoms with Gasteiger partial charge in [-0.15, -0.1) is 5.10 Å². The Morgan fingerprint density at radius 3 is 2.23 bits per heavy atom. The molecule has 0 amide bonds. The molecule has 0 saturated carbocycles. The highest BCUT2D eigenvalue weighted by Gasteiger charge is 2.29. The highest BCUT2D eigenvalue weighted by Crippen LogP contribution is 2.29. The molecular formula is C18H13F3N4O. The van der Waals surface area contributed by atoms with E-state index in [9.17, 15) is 13.2 Å². The van der Waals surface area contributed by atoms with Crippen LogP contribution in [0.1, 0.15) is 28.1 Å². The van der Waals surface area contributed by atoms with Crippen molar-refractivity contribution in [3.63, 3.8) is 0 Å². The predicted octanol–water partition coefficient (Wildman–Crippen LogP) is 3.86. The third kappa shape index (κ3) is 4.19. The number of rotatable bonds is 5. The summed E-state index contributed by atoms with van der Waals surface area (Å²) in [7, 11) is 0. The first-order valence-electron chi connectivity index (χ1n) is 7.63. The molecule has 8 heteroatoms. The number of nitrogens with one attached hydrogen (secondary N) is 1. The van der Waals surface area contributed by atoms with E-state index in [1.165, 1.54) is 12.1 Å². The zero-order valence-corrected chi connectivity index (χ0v) is 13.4. The van der Waals surface area contributed by atoms with Gasteiger partial charge in [-0.3, -0.25) is 0 Å². The fourth-order valence-corrected chi connectivity index (χ4v) is 2.32. The summed E-state index contributed by atoms with van der Waals surface area (Å²) in [5, 5.41) is 19.0. The molecule has 0 aliphatic rings. The van der Waals surface area contributed by atoms with Crippen LogP contribution in [-0.2, 0) is 19.2 Å². The molecule has 26 heavy (non-hydrogen) atoms. The average molecular weight is 358 g/mol. The van der Waals surface area contributed by atoms with Crippen LogP contribution >= 0.6 is 0 Å². The van der Waals surface area contributed by atoms with Crippen LogP contribution in [0.15, 0.2) is 48.5 Å². The minimum Gasteiger partial charge on any atom is -0.489 e. The smallest absolute Gasteiger partial charge is 0.416 e. The number of hydrogen-bond acceptors (Lipinski definition) is 4. The Morgan fingerprint density at radius 2 is 1.62 bits per heavy atom. The maximum atomic E-state index is 12.5. The second kappa shape index (κ2) is 7.27. The summed E-state index contributed by atoms with van der Waals surface area (Å²) in [5.74, 6) is 0.592. The number of H-pyrrole nitrogens is 1. The molecule has 132 valence electrons. The van der Waals surface area contributed by atoms with Crippen molar-refractivity contribution in [2.75, 3.05) is 0 Å². The van der Waals surface area contributed by atoms with Gasteiger partial charge in [0.05, 0.1) is 5.56 Å². The van der Waals surface area contributed by atoms with Crippen LogP contribution in [0.4, 0.5) is 13.2 Å². The lowest BCUT2D eigenvalue weighted by Gasteiger charge is -2.09. The minimum atomic E-state index is -4.34. The van der Waals surface area contributed by atoms with Gasteiger partial charge in [0.1, 0.15) is 24.1 Å². The molecule has 1 aromatic heterocycles. The number of halogens is 3. The molecule has 1 heterocycles. The molecule has 3 aromatic rings. The van der Waals surface area contributed by atoms with Crippen LogP contribution in [0.25, 0.3) is 0 Å². The van der Waals surface area contributed by atoms with E-state index in [1.807, 2.05) is 18.2 Å². The third-order valence-corrected chi connectivity index (χ3v) is 3.71. The molecule has 5 nitrogen and oxygen atoms in total. The van der Waals surface area contributed by atoms with Gasteiger partial charge in [-0.2, -0.15) is 28.7 Å². The van der Waals surface area contributed by atoms with E-state index < -0.39 is 11.7 Å². The van der Waals surface area contributed by atoms with Crippen LogP contribution in [0, 0.1) is 11.3 Å². The first kappa shape index (κ1) is 17.5. The zero-order chi connectivity index (χ0) is 18.6. The average Bonchev–Trinajstić information content (AvgIpc) is 3.08. The molecule has 0 bridgehead atoms. The van der Waals surface area contributed by atoms with Gasteiger partial charge in [-0.1, -0.05) is 24.3 Å². The van der Waals surface area contributed by atoms with Gasteiger partial charge in [-0.05, 0) is 35.4 Å². The summed E-state index contributed by atoms with van der Waals surface area (Å²) >= 11 is 0. The Bertz CT molecular complexity index is 909. The summed E-state index contributed by atoms with van der Waals surface area (Å²) in [4.78, 5) is 0. The SMILES string of the molecule is N#Cc1n[nH]nc1Cc1ccc(OCc2ccc(C(F)(F)F)cc2)cc1. The maximum Gasteiger partial charge on any atom is 0.416 e. The van der Waals surface area contributed by atoms with Crippen molar-refractivity contribution in [3.8, 4) is 11.8 Å². The van der Waals surface area contributed by atoms with Gasteiger partial charge in [0.15, 0.2) is 5.69 Å². The second-order valence-electron chi connectivity index (χ2n) is 5.53. The lowest BCUT2D eigenvalue weighted by atomic mass is 10.1. The Hall–Kier alpha value is -3.34. The van der Waals surface area contributed by atoms with Gasteiger partial charge in [0.2, 0.25) is 0 Å². The van der Waals surface area contributed by atoms with Gasteiger partial charge in [0, 0.05) is 6.42 Å².